The van der Waals surface area contributed by atoms with E-state index in [4.69, 9.17) is 15.0 Å². The summed E-state index contributed by atoms with van der Waals surface area (Å²) in [6, 6.07) is 18.6. The number of hydrogen-bond acceptors (Lipinski definition) is 4. The van der Waals surface area contributed by atoms with Gasteiger partial charge in [0.25, 0.3) is 0 Å². The number of hydrogen-bond donors (Lipinski definition) is 1. The van der Waals surface area contributed by atoms with E-state index >= 15 is 0 Å². The molecule has 2 aromatic carbocycles. The second kappa shape index (κ2) is 8.78. The maximum Gasteiger partial charge on any atom is 0.163 e. The van der Waals surface area contributed by atoms with E-state index in [0.717, 1.165) is 42.4 Å². The number of benzene rings is 2. The van der Waals surface area contributed by atoms with E-state index in [1.165, 1.54) is 5.56 Å². The molecule has 1 aromatic heterocycles. The molecule has 5 rings (SSSR count). The molecule has 0 spiro atoms. The molecule has 1 N–H and O–H groups in total. The van der Waals surface area contributed by atoms with Gasteiger partial charge in [-0.05, 0) is 36.8 Å². The lowest BCUT2D eigenvalue weighted by Gasteiger charge is -2.22. The molecule has 0 saturated heterocycles. The first-order valence-corrected chi connectivity index (χ1v) is 10.9. The number of rotatable bonds is 4. The fourth-order valence-electron chi connectivity index (χ4n) is 4.10. The Morgan fingerprint density at radius 2 is 1.45 bits per heavy atom. The van der Waals surface area contributed by atoms with Crippen molar-refractivity contribution in [1.29, 1.82) is 0 Å². The largest absolute Gasteiger partial charge is 0.392 e. The minimum Gasteiger partial charge on any atom is -0.392 e. The zero-order valence-electron chi connectivity index (χ0n) is 17.4. The van der Waals surface area contributed by atoms with Crippen LogP contribution in [0.4, 0.5) is 0 Å². The van der Waals surface area contributed by atoms with Crippen molar-refractivity contribution in [3.63, 3.8) is 0 Å². The average molecular weight is 408 g/mol. The van der Waals surface area contributed by atoms with E-state index in [0.29, 0.717) is 17.5 Å². The summed E-state index contributed by atoms with van der Waals surface area (Å²) < 4.78 is 0. The van der Waals surface area contributed by atoms with Crippen LogP contribution in [0.5, 0.6) is 0 Å². The molecule has 154 valence electrons. The van der Waals surface area contributed by atoms with Crippen LogP contribution in [0.1, 0.15) is 43.3 Å². The highest BCUT2D eigenvalue weighted by Gasteiger charge is 2.25. The summed E-state index contributed by atoms with van der Waals surface area (Å²) in [4.78, 5) is 14.4. The molecule has 4 nitrogen and oxygen atoms in total. The SMILES string of the molecule is OC1CCC=CC1c1nc(C2=CCCC=C2)nc(-c2ccc(-c3ccccc3)cc2)n1. The predicted molar refractivity (Wildman–Crippen MR) is 124 cm³/mol. The first-order valence-electron chi connectivity index (χ1n) is 10.9. The van der Waals surface area contributed by atoms with Crippen LogP contribution in [0.15, 0.2) is 85.0 Å². The second-order valence-corrected chi connectivity index (χ2v) is 8.02. The number of aliphatic hydroxyl groups is 1. The molecular weight excluding hydrogens is 382 g/mol. The summed E-state index contributed by atoms with van der Waals surface area (Å²) in [7, 11) is 0. The van der Waals surface area contributed by atoms with Crippen LogP contribution in [0.25, 0.3) is 28.1 Å². The van der Waals surface area contributed by atoms with Crippen molar-refractivity contribution in [1.82, 2.24) is 15.0 Å². The summed E-state index contributed by atoms with van der Waals surface area (Å²) >= 11 is 0. The monoisotopic (exact) mass is 407 g/mol. The minimum absolute atomic E-state index is 0.203. The van der Waals surface area contributed by atoms with Gasteiger partial charge in [0.1, 0.15) is 5.82 Å². The van der Waals surface area contributed by atoms with Crippen LogP contribution in [0, 0.1) is 0 Å². The summed E-state index contributed by atoms with van der Waals surface area (Å²) in [5.74, 6) is 1.75. The highest BCUT2D eigenvalue weighted by Crippen LogP contribution is 2.30. The number of aliphatic hydroxyl groups excluding tert-OH is 1. The van der Waals surface area contributed by atoms with Gasteiger partial charge in [0.2, 0.25) is 0 Å². The molecule has 0 radical (unpaired) electrons. The van der Waals surface area contributed by atoms with Crippen molar-refractivity contribution >= 4 is 5.57 Å². The van der Waals surface area contributed by atoms with Crippen LogP contribution in [-0.4, -0.2) is 26.2 Å². The van der Waals surface area contributed by atoms with Gasteiger partial charge in [0.15, 0.2) is 11.6 Å². The molecule has 31 heavy (non-hydrogen) atoms. The van der Waals surface area contributed by atoms with Crippen LogP contribution in [0.2, 0.25) is 0 Å². The lowest BCUT2D eigenvalue weighted by Crippen LogP contribution is -2.22. The van der Waals surface area contributed by atoms with Gasteiger partial charge >= 0.3 is 0 Å². The minimum atomic E-state index is -0.468. The Morgan fingerprint density at radius 3 is 2.19 bits per heavy atom. The van der Waals surface area contributed by atoms with E-state index in [1.54, 1.807) is 0 Å². The Morgan fingerprint density at radius 1 is 0.710 bits per heavy atom. The smallest absolute Gasteiger partial charge is 0.163 e. The number of aromatic nitrogens is 3. The van der Waals surface area contributed by atoms with Crippen LogP contribution in [0.3, 0.4) is 0 Å². The van der Waals surface area contributed by atoms with Crippen molar-refractivity contribution in [3.8, 4) is 22.5 Å². The van der Waals surface area contributed by atoms with Gasteiger partial charge in [-0.1, -0.05) is 85.0 Å². The first-order chi connectivity index (χ1) is 15.3. The zero-order chi connectivity index (χ0) is 21.0. The van der Waals surface area contributed by atoms with Gasteiger partial charge in [-0.25, -0.2) is 15.0 Å². The molecule has 0 fully saturated rings. The van der Waals surface area contributed by atoms with Gasteiger partial charge in [-0.15, -0.1) is 0 Å². The molecule has 1 heterocycles. The summed E-state index contributed by atoms with van der Waals surface area (Å²) in [5, 5.41) is 10.6. The normalized spacial score (nSPS) is 20.5. The van der Waals surface area contributed by atoms with Crippen molar-refractivity contribution in [3.05, 3.63) is 96.6 Å². The topological polar surface area (TPSA) is 58.9 Å². The van der Waals surface area contributed by atoms with E-state index in [2.05, 4.69) is 60.7 Å². The van der Waals surface area contributed by atoms with Gasteiger partial charge < -0.3 is 5.11 Å². The van der Waals surface area contributed by atoms with Crippen molar-refractivity contribution in [2.75, 3.05) is 0 Å². The molecule has 2 aliphatic carbocycles. The molecule has 4 heteroatoms. The molecule has 0 bridgehead atoms. The third-order valence-electron chi connectivity index (χ3n) is 5.84. The Kier molecular flexibility index (Phi) is 5.55. The van der Waals surface area contributed by atoms with Gasteiger partial charge in [0, 0.05) is 11.1 Å². The average Bonchev–Trinajstić information content (AvgIpc) is 2.85. The van der Waals surface area contributed by atoms with Crippen molar-refractivity contribution in [2.24, 2.45) is 0 Å². The van der Waals surface area contributed by atoms with Crippen LogP contribution < -0.4 is 0 Å². The molecule has 2 aliphatic rings. The van der Waals surface area contributed by atoms with E-state index in [9.17, 15) is 5.11 Å². The fourth-order valence-corrected chi connectivity index (χ4v) is 4.10. The third kappa shape index (κ3) is 4.25. The van der Waals surface area contributed by atoms with Gasteiger partial charge in [0.05, 0.1) is 12.0 Å². The molecule has 0 saturated carbocycles. The molecule has 2 unspecified atom stereocenters. The van der Waals surface area contributed by atoms with Crippen molar-refractivity contribution in [2.45, 2.75) is 37.7 Å². The summed E-state index contributed by atoms with van der Waals surface area (Å²) in [6.45, 7) is 0. The fraction of sp³-hybridized carbons (Fsp3) is 0.222. The lowest BCUT2D eigenvalue weighted by molar-refractivity contribution is 0.142. The van der Waals surface area contributed by atoms with E-state index in [-0.39, 0.29) is 5.92 Å². The second-order valence-electron chi connectivity index (χ2n) is 8.02. The van der Waals surface area contributed by atoms with E-state index < -0.39 is 6.10 Å². The van der Waals surface area contributed by atoms with Gasteiger partial charge in [-0.3, -0.25) is 0 Å². The summed E-state index contributed by atoms with van der Waals surface area (Å²) in [5.41, 5.74) is 4.30. The van der Waals surface area contributed by atoms with Gasteiger partial charge in [-0.2, -0.15) is 0 Å². The molecule has 0 amide bonds. The Labute approximate surface area is 182 Å². The van der Waals surface area contributed by atoms with Crippen LogP contribution >= 0.6 is 0 Å². The maximum absolute atomic E-state index is 10.6. The predicted octanol–water partition coefficient (Wildman–Crippen LogP) is 5.73. The Balaban J connectivity index is 1.56. The standard InChI is InChI=1S/C27H25N3O/c31-24-14-8-7-13-23(24)27-29-25(21-11-5-2-6-12-21)28-26(30-27)22-17-15-20(16-18-22)19-9-3-1-4-10-19/h1,3-5,7,9-13,15-18,23-24,31H,2,6,8,14H2. The quantitative estimate of drug-likeness (QED) is 0.561. The Bertz CT molecular complexity index is 1150. The highest BCUT2D eigenvalue weighted by atomic mass is 16.3. The molecule has 0 aliphatic heterocycles. The molecule has 2 atom stereocenters. The zero-order valence-corrected chi connectivity index (χ0v) is 17.4. The van der Waals surface area contributed by atoms with Crippen LogP contribution in [-0.2, 0) is 0 Å². The van der Waals surface area contributed by atoms with E-state index in [1.807, 2.05) is 24.3 Å². The molecular formula is C27H25N3O. The first kappa shape index (κ1) is 19.6. The van der Waals surface area contributed by atoms with Crippen molar-refractivity contribution < 1.29 is 5.11 Å². The highest BCUT2D eigenvalue weighted by molar-refractivity contribution is 5.72. The molecule has 3 aromatic rings. The summed E-state index contributed by atoms with van der Waals surface area (Å²) in [6.07, 6.45) is 13.7. The number of allylic oxidation sites excluding steroid dienone is 5. The lowest BCUT2D eigenvalue weighted by atomic mass is 9.92. The third-order valence-corrected chi connectivity index (χ3v) is 5.84. The number of nitrogens with zero attached hydrogens (tertiary/aromatic N) is 3. The Hall–Kier alpha value is -3.37. The maximum atomic E-state index is 10.6.